The van der Waals surface area contributed by atoms with Crippen molar-refractivity contribution in [2.24, 2.45) is 0 Å². The summed E-state index contributed by atoms with van der Waals surface area (Å²) in [5, 5.41) is 6.44. The van der Waals surface area contributed by atoms with Crippen LogP contribution in [-0.2, 0) is 9.47 Å². The molecule has 4 atom stereocenters. The second kappa shape index (κ2) is 8.80. The van der Waals surface area contributed by atoms with E-state index in [0.717, 1.165) is 5.69 Å². The number of amides is 1. The van der Waals surface area contributed by atoms with Crippen LogP contribution < -0.4 is 15.4 Å². The van der Waals surface area contributed by atoms with Crippen LogP contribution in [0.25, 0.3) is 0 Å². The van der Waals surface area contributed by atoms with Crippen molar-refractivity contribution in [1.29, 1.82) is 0 Å². The summed E-state index contributed by atoms with van der Waals surface area (Å²) in [6, 6.07) is 8.81. The summed E-state index contributed by atoms with van der Waals surface area (Å²) < 4.78 is 17.1. The molecule has 164 valence electrons. The Bertz CT molecular complexity index is 916. The second-order valence-electron chi connectivity index (χ2n) is 8.44. The third-order valence-corrected chi connectivity index (χ3v) is 6.49. The average Bonchev–Trinajstić information content (AvgIpc) is 3.55. The van der Waals surface area contributed by atoms with E-state index in [9.17, 15) is 4.79 Å². The zero-order chi connectivity index (χ0) is 21.2. The number of methoxy groups -OCH3 is 1. The van der Waals surface area contributed by atoms with Gasteiger partial charge in [-0.05, 0) is 43.2 Å². The molecule has 1 aromatic carbocycles. The predicted octanol–water partition coefficient (Wildman–Crippen LogP) is 2.52. The molecule has 2 N–H and O–H groups in total. The zero-order valence-electron chi connectivity index (χ0n) is 17.6. The minimum Gasteiger partial charge on any atom is -0.497 e. The molecule has 1 amide bonds. The highest BCUT2D eigenvalue weighted by molar-refractivity contribution is 5.94. The number of benzene rings is 1. The molecule has 0 unspecified atom stereocenters. The summed E-state index contributed by atoms with van der Waals surface area (Å²) in [5.41, 5.74) is 1.69. The van der Waals surface area contributed by atoms with E-state index < -0.39 is 0 Å². The number of rotatable bonds is 6. The number of carbonyl (C=O) groups excluding carboxylic acids is 1. The van der Waals surface area contributed by atoms with Crippen molar-refractivity contribution in [2.45, 2.75) is 55.9 Å². The van der Waals surface area contributed by atoms with E-state index in [4.69, 9.17) is 19.2 Å². The summed E-state index contributed by atoms with van der Waals surface area (Å²) >= 11 is 0. The largest absolute Gasteiger partial charge is 0.497 e. The van der Waals surface area contributed by atoms with Crippen LogP contribution in [-0.4, -0.2) is 60.5 Å². The van der Waals surface area contributed by atoms with Gasteiger partial charge in [0.05, 0.1) is 32.4 Å². The standard InChI is InChI=1S/C23H28N4O4/c1-29-16-8-6-15(7-9-16)22(28)25-18-12-30-21-19(13-31-20(18)21)27-23-24-11-10-17(26-23)14-4-2-3-5-14/h6-11,14,18-21H,2-5,12-13H2,1H3,(H,25,28)(H,24,26,27)/t18-,19+,20-,21+/m1/s1. The van der Waals surface area contributed by atoms with Crippen molar-refractivity contribution in [1.82, 2.24) is 15.3 Å². The topological polar surface area (TPSA) is 94.6 Å². The fourth-order valence-corrected chi connectivity index (χ4v) is 4.80. The molecule has 1 saturated carbocycles. The van der Waals surface area contributed by atoms with Gasteiger partial charge in [-0.25, -0.2) is 9.97 Å². The molecule has 8 nitrogen and oxygen atoms in total. The van der Waals surface area contributed by atoms with Crippen molar-refractivity contribution in [3.8, 4) is 5.75 Å². The summed E-state index contributed by atoms with van der Waals surface area (Å²) in [6.07, 6.45) is 6.42. The molecule has 2 saturated heterocycles. The van der Waals surface area contributed by atoms with Gasteiger partial charge in [0, 0.05) is 23.4 Å². The van der Waals surface area contributed by atoms with Gasteiger partial charge < -0.3 is 24.8 Å². The van der Waals surface area contributed by atoms with Gasteiger partial charge in [0.15, 0.2) is 0 Å². The molecule has 0 bridgehead atoms. The predicted molar refractivity (Wildman–Crippen MR) is 114 cm³/mol. The molecule has 2 aliphatic heterocycles. The number of carbonyl (C=O) groups is 1. The first-order valence-corrected chi connectivity index (χ1v) is 11.0. The molecule has 5 rings (SSSR count). The molecule has 0 spiro atoms. The van der Waals surface area contributed by atoms with Crippen LogP contribution in [0.2, 0.25) is 0 Å². The third-order valence-electron chi connectivity index (χ3n) is 6.49. The summed E-state index contributed by atoms with van der Waals surface area (Å²) in [7, 11) is 1.60. The maximum Gasteiger partial charge on any atom is 0.251 e. The van der Waals surface area contributed by atoms with Gasteiger partial charge in [-0.3, -0.25) is 4.79 Å². The second-order valence-corrected chi connectivity index (χ2v) is 8.44. The highest BCUT2D eigenvalue weighted by Gasteiger charge is 2.48. The molecule has 31 heavy (non-hydrogen) atoms. The lowest BCUT2D eigenvalue weighted by atomic mass is 10.0. The van der Waals surface area contributed by atoms with Crippen LogP contribution in [0, 0.1) is 0 Å². The molecule has 1 aromatic heterocycles. The van der Waals surface area contributed by atoms with Crippen molar-refractivity contribution in [3.05, 3.63) is 47.8 Å². The Morgan fingerprint density at radius 3 is 2.48 bits per heavy atom. The lowest BCUT2D eigenvalue weighted by Gasteiger charge is -2.19. The summed E-state index contributed by atoms with van der Waals surface area (Å²) in [4.78, 5) is 21.8. The first-order valence-electron chi connectivity index (χ1n) is 11.0. The Labute approximate surface area is 181 Å². The van der Waals surface area contributed by atoms with E-state index in [0.29, 0.717) is 36.4 Å². The van der Waals surface area contributed by atoms with E-state index >= 15 is 0 Å². The number of nitrogens with zero attached hydrogens (tertiary/aromatic N) is 2. The highest BCUT2D eigenvalue weighted by atomic mass is 16.6. The molecule has 3 fully saturated rings. The quantitative estimate of drug-likeness (QED) is 0.736. The van der Waals surface area contributed by atoms with E-state index in [1.165, 1.54) is 25.7 Å². The van der Waals surface area contributed by atoms with Gasteiger partial charge in [0.1, 0.15) is 18.0 Å². The van der Waals surface area contributed by atoms with Crippen molar-refractivity contribution < 1.29 is 19.0 Å². The van der Waals surface area contributed by atoms with Crippen LogP contribution in [0.1, 0.15) is 47.7 Å². The van der Waals surface area contributed by atoms with E-state index in [1.54, 1.807) is 31.4 Å². The maximum atomic E-state index is 12.6. The molecular formula is C23H28N4O4. The number of fused-ring (bicyclic) bond motifs is 1. The molecule has 8 heteroatoms. The number of nitrogens with one attached hydrogen (secondary N) is 2. The molecule has 3 heterocycles. The lowest BCUT2D eigenvalue weighted by molar-refractivity contribution is 0.0652. The summed E-state index contributed by atoms with van der Waals surface area (Å²) in [6.45, 7) is 0.902. The number of anilines is 1. The normalized spacial score (nSPS) is 27.8. The Morgan fingerprint density at radius 1 is 1.03 bits per heavy atom. The summed E-state index contributed by atoms with van der Waals surface area (Å²) in [5.74, 6) is 1.72. The van der Waals surface area contributed by atoms with Gasteiger partial charge in [-0.2, -0.15) is 0 Å². The Morgan fingerprint density at radius 2 is 1.74 bits per heavy atom. The Balaban J connectivity index is 1.20. The molecule has 2 aromatic rings. The minimum atomic E-state index is -0.197. The van der Waals surface area contributed by atoms with Crippen molar-refractivity contribution in [3.63, 3.8) is 0 Å². The van der Waals surface area contributed by atoms with Gasteiger partial charge in [0.2, 0.25) is 5.95 Å². The fourth-order valence-electron chi connectivity index (χ4n) is 4.80. The van der Waals surface area contributed by atoms with Crippen LogP contribution >= 0.6 is 0 Å². The zero-order valence-corrected chi connectivity index (χ0v) is 17.6. The molecular weight excluding hydrogens is 396 g/mol. The van der Waals surface area contributed by atoms with Crippen LogP contribution in [0.15, 0.2) is 36.5 Å². The first kappa shape index (κ1) is 20.2. The van der Waals surface area contributed by atoms with Crippen LogP contribution in [0.5, 0.6) is 5.75 Å². The minimum absolute atomic E-state index is 0.0493. The number of aromatic nitrogens is 2. The van der Waals surface area contributed by atoms with Gasteiger partial charge in [-0.1, -0.05) is 12.8 Å². The lowest BCUT2D eigenvalue weighted by Crippen LogP contribution is -2.44. The van der Waals surface area contributed by atoms with Crippen molar-refractivity contribution in [2.75, 3.05) is 25.6 Å². The van der Waals surface area contributed by atoms with Crippen LogP contribution in [0.4, 0.5) is 5.95 Å². The fraction of sp³-hybridized carbons (Fsp3) is 0.522. The van der Waals surface area contributed by atoms with Gasteiger partial charge in [-0.15, -0.1) is 0 Å². The maximum absolute atomic E-state index is 12.6. The Hall–Kier alpha value is -2.71. The molecule has 0 radical (unpaired) electrons. The average molecular weight is 425 g/mol. The van der Waals surface area contributed by atoms with E-state index in [1.807, 2.05) is 12.3 Å². The highest BCUT2D eigenvalue weighted by Crippen LogP contribution is 2.33. The van der Waals surface area contributed by atoms with E-state index in [-0.39, 0.29) is 30.2 Å². The van der Waals surface area contributed by atoms with Gasteiger partial charge >= 0.3 is 0 Å². The smallest absolute Gasteiger partial charge is 0.251 e. The number of hydrogen-bond donors (Lipinski definition) is 2. The Kier molecular flexibility index (Phi) is 5.74. The van der Waals surface area contributed by atoms with Gasteiger partial charge in [0.25, 0.3) is 5.91 Å². The number of hydrogen-bond acceptors (Lipinski definition) is 7. The van der Waals surface area contributed by atoms with E-state index in [2.05, 4.69) is 15.6 Å². The SMILES string of the molecule is COc1ccc(C(=O)N[C@@H]2CO[C@@H]3[C@@H]2OC[C@@H]3Nc2nccc(C3CCCC3)n2)cc1. The third kappa shape index (κ3) is 4.22. The van der Waals surface area contributed by atoms with Crippen LogP contribution in [0.3, 0.4) is 0 Å². The molecule has 3 aliphatic rings. The number of ether oxygens (including phenoxy) is 3. The monoisotopic (exact) mass is 424 g/mol. The first-order chi connectivity index (χ1) is 15.2. The molecule has 1 aliphatic carbocycles. The van der Waals surface area contributed by atoms with Crippen molar-refractivity contribution >= 4 is 11.9 Å².